The van der Waals surface area contributed by atoms with Gasteiger partial charge >= 0.3 is 5.97 Å². The molecule has 0 bridgehead atoms. The van der Waals surface area contributed by atoms with Crippen LogP contribution in [-0.2, 0) is 4.79 Å². The van der Waals surface area contributed by atoms with Crippen LogP contribution in [-0.4, -0.2) is 17.1 Å². The molecule has 0 aromatic heterocycles. The number of hydrogen-bond donors (Lipinski definition) is 2. The van der Waals surface area contributed by atoms with E-state index in [0.717, 1.165) is 5.56 Å². The van der Waals surface area contributed by atoms with Crippen molar-refractivity contribution in [1.82, 2.24) is 0 Å². The van der Waals surface area contributed by atoms with Crippen molar-refractivity contribution < 1.29 is 14.3 Å². The van der Waals surface area contributed by atoms with Crippen molar-refractivity contribution in [3.63, 3.8) is 0 Å². The Morgan fingerprint density at radius 2 is 1.88 bits per heavy atom. The summed E-state index contributed by atoms with van der Waals surface area (Å²) >= 11 is 0. The lowest BCUT2D eigenvalue weighted by Gasteiger charge is -2.22. The van der Waals surface area contributed by atoms with Crippen molar-refractivity contribution in [3.05, 3.63) is 35.6 Å². The van der Waals surface area contributed by atoms with Crippen molar-refractivity contribution in [3.8, 4) is 0 Å². The van der Waals surface area contributed by atoms with Crippen LogP contribution in [0.4, 0.5) is 4.39 Å². The molecule has 3 nitrogen and oxygen atoms in total. The summed E-state index contributed by atoms with van der Waals surface area (Å²) in [7, 11) is 0. The number of aliphatic carboxylic acids is 1. The van der Waals surface area contributed by atoms with Gasteiger partial charge in [-0.3, -0.25) is 4.79 Å². The fourth-order valence-corrected chi connectivity index (χ4v) is 1.80. The minimum atomic E-state index is -0.983. The molecule has 3 unspecified atom stereocenters. The first-order valence-corrected chi connectivity index (χ1v) is 5.65. The van der Waals surface area contributed by atoms with Crippen molar-refractivity contribution in [2.75, 3.05) is 0 Å². The summed E-state index contributed by atoms with van der Waals surface area (Å²) in [6.45, 7) is 3.95. The second kappa shape index (κ2) is 5.77. The lowest BCUT2D eigenvalue weighted by molar-refractivity contribution is -0.138. The van der Waals surface area contributed by atoms with Crippen LogP contribution in [0.15, 0.2) is 24.3 Å². The van der Waals surface area contributed by atoms with Gasteiger partial charge in [0, 0.05) is 0 Å². The summed E-state index contributed by atoms with van der Waals surface area (Å²) < 4.78 is 12.8. The SMILES string of the molecule is CC(CC(N)C(=O)O)C(C)c1ccc(F)cc1. The number of benzene rings is 1. The molecule has 0 heterocycles. The summed E-state index contributed by atoms with van der Waals surface area (Å²) in [5.41, 5.74) is 6.49. The molecule has 0 fully saturated rings. The van der Waals surface area contributed by atoms with Crippen LogP contribution in [0.25, 0.3) is 0 Å². The lowest BCUT2D eigenvalue weighted by atomic mass is 9.85. The number of nitrogens with two attached hydrogens (primary N) is 1. The van der Waals surface area contributed by atoms with Gasteiger partial charge in [-0.15, -0.1) is 0 Å². The molecule has 0 aliphatic heterocycles. The topological polar surface area (TPSA) is 63.3 Å². The maximum atomic E-state index is 12.8. The normalized spacial score (nSPS) is 16.2. The molecule has 3 atom stereocenters. The van der Waals surface area contributed by atoms with Gasteiger partial charge in [-0.05, 0) is 36.0 Å². The number of halogens is 1. The standard InChI is InChI=1S/C13H18FNO2/c1-8(7-12(15)13(16)17)9(2)10-3-5-11(14)6-4-10/h3-6,8-9,12H,7,15H2,1-2H3,(H,16,17). The quantitative estimate of drug-likeness (QED) is 0.829. The van der Waals surface area contributed by atoms with E-state index in [1.54, 1.807) is 12.1 Å². The summed E-state index contributed by atoms with van der Waals surface area (Å²) in [6, 6.07) is 5.43. The third kappa shape index (κ3) is 3.82. The van der Waals surface area contributed by atoms with Gasteiger partial charge < -0.3 is 10.8 Å². The highest BCUT2D eigenvalue weighted by Gasteiger charge is 2.20. The van der Waals surface area contributed by atoms with Gasteiger partial charge in [-0.25, -0.2) is 4.39 Å². The maximum Gasteiger partial charge on any atom is 0.320 e. The molecular formula is C13H18FNO2. The summed E-state index contributed by atoms with van der Waals surface area (Å²) in [5, 5.41) is 8.75. The second-order valence-electron chi connectivity index (χ2n) is 4.50. The molecule has 1 aromatic rings. The van der Waals surface area contributed by atoms with Gasteiger partial charge in [-0.2, -0.15) is 0 Å². The predicted molar refractivity (Wildman–Crippen MR) is 64.2 cm³/mol. The Balaban J connectivity index is 2.66. The molecule has 1 aromatic carbocycles. The smallest absolute Gasteiger partial charge is 0.320 e. The van der Waals surface area contributed by atoms with Crippen molar-refractivity contribution in [2.45, 2.75) is 32.2 Å². The average molecular weight is 239 g/mol. The molecule has 0 saturated carbocycles. The fraction of sp³-hybridized carbons (Fsp3) is 0.462. The third-order valence-corrected chi connectivity index (χ3v) is 3.19. The third-order valence-electron chi connectivity index (χ3n) is 3.19. The van der Waals surface area contributed by atoms with Gasteiger partial charge in [-0.1, -0.05) is 26.0 Å². The molecular weight excluding hydrogens is 221 g/mol. The van der Waals surface area contributed by atoms with E-state index >= 15 is 0 Å². The van der Waals surface area contributed by atoms with E-state index in [4.69, 9.17) is 10.8 Å². The Kier molecular flexibility index (Phi) is 4.63. The predicted octanol–water partition coefficient (Wildman–Crippen LogP) is 2.37. The van der Waals surface area contributed by atoms with Crippen molar-refractivity contribution in [2.24, 2.45) is 11.7 Å². The van der Waals surface area contributed by atoms with E-state index in [2.05, 4.69) is 0 Å². The Hall–Kier alpha value is -1.42. The average Bonchev–Trinajstić information content (AvgIpc) is 2.28. The molecule has 3 N–H and O–H groups in total. The molecule has 94 valence electrons. The van der Waals surface area contributed by atoms with Crippen molar-refractivity contribution in [1.29, 1.82) is 0 Å². The number of carbonyl (C=O) groups is 1. The van der Waals surface area contributed by atoms with Gasteiger partial charge in [0.15, 0.2) is 0 Å². The van der Waals surface area contributed by atoms with Gasteiger partial charge in [0.2, 0.25) is 0 Å². The van der Waals surface area contributed by atoms with Crippen LogP contribution < -0.4 is 5.73 Å². The highest BCUT2D eigenvalue weighted by Crippen LogP contribution is 2.27. The maximum absolute atomic E-state index is 12.8. The van der Waals surface area contributed by atoms with E-state index in [1.165, 1.54) is 12.1 Å². The van der Waals surface area contributed by atoms with E-state index in [1.807, 2.05) is 13.8 Å². The summed E-state index contributed by atoms with van der Waals surface area (Å²) in [4.78, 5) is 10.7. The van der Waals surface area contributed by atoms with Gasteiger partial charge in [0.1, 0.15) is 11.9 Å². The molecule has 0 aliphatic rings. The van der Waals surface area contributed by atoms with Crippen LogP contribution in [0.5, 0.6) is 0 Å². The highest BCUT2D eigenvalue weighted by atomic mass is 19.1. The summed E-state index contributed by atoms with van der Waals surface area (Å²) in [6.07, 6.45) is 0.411. The number of hydrogen-bond acceptors (Lipinski definition) is 2. The van der Waals surface area contributed by atoms with E-state index in [9.17, 15) is 9.18 Å². The molecule has 17 heavy (non-hydrogen) atoms. The Morgan fingerprint density at radius 1 is 1.35 bits per heavy atom. The first-order valence-electron chi connectivity index (χ1n) is 5.65. The van der Waals surface area contributed by atoms with Crippen LogP contribution in [0.2, 0.25) is 0 Å². The molecule has 0 aliphatic carbocycles. The number of carboxylic acids is 1. The van der Waals surface area contributed by atoms with Crippen molar-refractivity contribution >= 4 is 5.97 Å². The Morgan fingerprint density at radius 3 is 2.35 bits per heavy atom. The van der Waals surface area contributed by atoms with Crippen LogP contribution in [0.1, 0.15) is 31.7 Å². The lowest BCUT2D eigenvalue weighted by Crippen LogP contribution is -2.32. The Labute approximate surface area is 100 Å². The monoisotopic (exact) mass is 239 g/mol. The van der Waals surface area contributed by atoms with Crippen LogP contribution in [0, 0.1) is 11.7 Å². The first kappa shape index (κ1) is 13.6. The van der Waals surface area contributed by atoms with E-state index < -0.39 is 12.0 Å². The summed E-state index contributed by atoms with van der Waals surface area (Å²) in [5.74, 6) is -0.966. The second-order valence-corrected chi connectivity index (χ2v) is 4.50. The largest absolute Gasteiger partial charge is 0.480 e. The van der Waals surface area contributed by atoms with E-state index in [-0.39, 0.29) is 17.7 Å². The molecule has 4 heteroatoms. The zero-order chi connectivity index (χ0) is 13.0. The zero-order valence-electron chi connectivity index (χ0n) is 10.1. The fourth-order valence-electron chi connectivity index (χ4n) is 1.80. The molecule has 1 rings (SSSR count). The number of carboxylic acid groups (broad SMARTS) is 1. The van der Waals surface area contributed by atoms with Gasteiger partial charge in [0.05, 0.1) is 0 Å². The minimum absolute atomic E-state index is 0.131. The van der Waals surface area contributed by atoms with Crippen LogP contribution >= 0.6 is 0 Å². The highest BCUT2D eigenvalue weighted by molar-refractivity contribution is 5.73. The zero-order valence-corrected chi connectivity index (χ0v) is 10.1. The molecule has 0 amide bonds. The number of rotatable bonds is 5. The van der Waals surface area contributed by atoms with Gasteiger partial charge in [0.25, 0.3) is 0 Å². The molecule has 0 saturated heterocycles. The van der Waals surface area contributed by atoms with Crippen LogP contribution in [0.3, 0.4) is 0 Å². The molecule has 0 spiro atoms. The first-order chi connectivity index (χ1) is 7.91. The van der Waals surface area contributed by atoms with E-state index in [0.29, 0.717) is 6.42 Å². The Bertz CT molecular complexity index is 378. The molecule has 0 radical (unpaired) electrons. The minimum Gasteiger partial charge on any atom is -0.480 e.